The third-order valence-corrected chi connectivity index (χ3v) is 5.36. The van der Waals surface area contributed by atoms with Crippen molar-refractivity contribution in [3.63, 3.8) is 0 Å². The van der Waals surface area contributed by atoms with E-state index in [0.29, 0.717) is 5.56 Å². The summed E-state index contributed by atoms with van der Waals surface area (Å²) in [4.78, 5) is 60.9. The van der Waals surface area contributed by atoms with Crippen molar-refractivity contribution in [2.75, 3.05) is 6.61 Å². The van der Waals surface area contributed by atoms with E-state index in [1.165, 1.54) is 0 Å². The monoisotopic (exact) mass is 514 g/mol. The number of aliphatic hydroxyl groups excluding tert-OH is 1. The second-order valence-corrected chi connectivity index (χ2v) is 8.29. The summed E-state index contributed by atoms with van der Waals surface area (Å²) in [6.07, 6.45) is -0.657. The number of amides is 3. The van der Waals surface area contributed by atoms with E-state index in [2.05, 4.69) is 10.6 Å². The molecule has 37 heavy (non-hydrogen) atoms. The Kier molecular flexibility index (Phi) is 11.2. The summed E-state index contributed by atoms with van der Waals surface area (Å²) in [5.41, 5.74) is 7.52. The first-order chi connectivity index (χ1) is 17.6. The Balaban J connectivity index is 2.20. The van der Waals surface area contributed by atoms with Crippen molar-refractivity contribution in [1.29, 1.82) is 0 Å². The highest BCUT2D eigenvalue weighted by Gasteiger charge is 2.31. The van der Waals surface area contributed by atoms with E-state index in [9.17, 15) is 29.1 Å². The lowest BCUT2D eigenvalue weighted by molar-refractivity contribution is -0.144. The summed E-state index contributed by atoms with van der Waals surface area (Å²) in [5, 5.41) is 34.2. The molecule has 2 aromatic carbocycles. The van der Waals surface area contributed by atoms with Crippen LogP contribution in [0.3, 0.4) is 0 Å². The molecule has 0 aliphatic carbocycles. The fourth-order valence-corrected chi connectivity index (χ4v) is 3.41. The van der Waals surface area contributed by atoms with Crippen LogP contribution in [0.5, 0.6) is 0 Å². The van der Waals surface area contributed by atoms with E-state index in [4.69, 9.17) is 15.9 Å². The molecule has 0 heterocycles. The van der Waals surface area contributed by atoms with Crippen LogP contribution in [0.1, 0.15) is 17.5 Å². The minimum atomic E-state index is -1.70. The molecule has 0 saturated carbocycles. The van der Waals surface area contributed by atoms with Crippen molar-refractivity contribution in [3.05, 3.63) is 71.8 Å². The van der Waals surface area contributed by atoms with Gasteiger partial charge >= 0.3 is 11.9 Å². The lowest BCUT2D eigenvalue weighted by Gasteiger charge is -2.24. The van der Waals surface area contributed by atoms with E-state index in [-0.39, 0.29) is 12.8 Å². The van der Waals surface area contributed by atoms with Crippen LogP contribution in [0, 0.1) is 0 Å². The van der Waals surface area contributed by atoms with Crippen molar-refractivity contribution in [2.45, 2.75) is 43.4 Å². The quantitative estimate of drug-likeness (QED) is 0.161. The third kappa shape index (κ3) is 9.70. The Morgan fingerprint density at radius 2 is 1.14 bits per heavy atom. The zero-order chi connectivity index (χ0) is 27.4. The highest BCUT2D eigenvalue weighted by Crippen LogP contribution is 2.07. The van der Waals surface area contributed by atoms with Crippen LogP contribution in [-0.4, -0.2) is 75.8 Å². The predicted molar refractivity (Wildman–Crippen MR) is 131 cm³/mol. The molecule has 0 aliphatic rings. The van der Waals surface area contributed by atoms with Gasteiger partial charge in [0.15, 0.2) is 0 Å². The number of hydrogen-bond acceptors (Lipinski definition) is 7. The molecule has 0 saturated heterocycles. The van der Waals surface area contributed by atoms with Gasteiger partial charge in [-0.15, -0.1) is 0 Å². The number of benzene rings is 2. The van der Waals surface area contributed by atoms with Crippen LogP contribution in [0.2, 0.25) is 0 Å². The van der Waals surface area contributed by atoms with Gasteiger partial charge in [0, 0.05) is 6.42 Å². The highest BCUT2D eigenvalue weighted by atomic mass is 16.4. The first-order valence-electron chi connectivity index (χ1n) is 11.4. The van der Waals surface area contributed by atoms with E-state index >= 15 is 0 Å². The van der Waals surface area contributed by atoms with Crippen LogP contribution >= 0.6 is 0 Å². The van der Waals surface area contributed by atoms with Crippen molar-refractivity contribution >= 4 is 29.7 Å². The highest BCUT2D eigenvalue weighted by molar-refractivity contribution is 5.95. The van der Waals surface area contributed by atoms with Gasteiger partial charge in [-0.2, -0.15) is 0 Å². The van der Waals surface area contributed by atoms with Crippen LogP contribution in [-0.2, 0) is 36.8 Å². The summed E-state index contributed by atoms with van der Waals surface area (Å²) >= 11 is 0. The zero-order valence-corrected chi connectivity index (χ0v) is 19.9. The second kappa shape index (κ2) is 14.3. The summed E-state index contributed by atoms with van der Waals surface area (Å²) < 4.78 is 0. The fourth-order valence-electron chi connectivity index (χ4n) is 3.41. The summed E-state index contributed by atoms with van der Waals surface area (Å²) in [6.45, 7) is -0.944. The molecule has 3 amide bonds. The van der Waals surface area contributed by atoms with Crippen molar-refractivity contribution < 1.29 is 39.3 Å². The topological polar surface area (TPSA) is 208 Å². The van der Waals surface area contributed by atoms with Crippen molar-refractivity contribution in [3.8, 4) is 0 Å². The molecule has 2 aromatic rings. The molecule has 2 rings (SSSR count). The first-order valence-corrected chi connectivity index (χ1v) is 11.4. The first kappa shape index (κ1) is 28.9. The molecule has 0 spiro atoms. The fraction of sp³-hybridized carbons (Fsp3) is 0.320. The standard InChI is InChI=1S/C25H30N4O8/c26-17(11-15-7-3-1-4-8-15)22(33)27-18(12-16-9-5-2-6-10-16)23(34)28-19(13-21(31)32)24(35)29-20(14-30)25(36)37/h1-10,17-20,30H,11-14,26H2,(H,27,33)(H,28,34)(H,29,35)(H,31,32)(H,36,37). The number of carboxylic acids is 2. The number of carboxylic acid groups (broad SMARTS) is 2. The lowest BCUT2D eigenvalue weighted by atomic mass is 10.0. The van der Waals surface area contributed by atoms with Gasteiger partial charge in [-0.05, 0) is 17.5 Å². The Morgan fingerprint density at radius 1 is 0.676 bits per heavy atom. The molecule has 12 nitrogen and oxygen atoms in total. The molecule has 0 aromatic heterocycles. The smallest absolute Gasteiger partial charge is 0.328 e. The maximum Gasteiger partial charge on any atom is 0.328 e. The molecule has 4 unspecified atom stereocenters. The van der Waals surface area contributed by atoms with E-state index in [0.717, 1.165) is 5.56 Å². The van der Waals surface area contributed by atoms with Crippen LogP contribution in [0.15, 0.2) is 60.7 Å². The van der Waals surface area contributed by atoms with Gasteiger partial charge in [-0.1, -0.05) is 60.7 Å². The van der Waals surface area contributed by atoms with Crippen LogP contribution in [0.25, 0.3) is 0 Å². The molecule has 0 fully saturated rings. The van der Waals surface area contributed by atoms with E-state index in [1.807, 2.05) is 11.4 Å². The van der Waals surface area contributed by atoms with Gasteiger partial charge in [0.2, 0.25) is 17.7 Å². The largest absolute Gasteiger partial charge is 0.481 e. The van der Waals surface area contributed by atoms with Gasteiger partial charge in [0.1, 0.15) is 18.1 Å². The number of aliphatic carboxylic acids is 2. The van der Waals surface area contributed by atoms with Crippen LogP contribution < -0.4 is 21.7 Å². The predicted octanol–water partition coefficient (Wildman–Crippen LogP) is -1.19. The lowest BCUT2D eigenvalue weighted by Crippen LogP contribution is -2.58. The maximum atomic E-state index is 13.1. The molecule has 198 valence electrons. The second-order valence-electron chi connectivity index (χ2n) is 8.29. The molecule has 0 aliphatic heterocycles. The number of carbonyl (C=O) groups excluding carboxylic acids is 3. The average Bonchev–Trinajstić information content (AvgIpc) is 2.86. The molecular formula is C25H30N4O8. The molecule has 0 radical (unpaired) electrons. The van der Waals surface area contributed by atoms with Gasteiger partial charge in [0.25, 0.3) is 0 Å². The van der Waals surface area contributed by atoms with Crippen molar-refractivity contribution in [1.82, 2.24) is 16.0 Å². The zero-order valence-electron chi connectivity index (χ0n) is 19.9. The van der Waals surface area contributed by atoms with Gasteiger partial charge in [-0.3, -0.25) is 19.2 Å². The van der Waals surface area contributed by atoms with Gasteiger partial charge in [0.05, 0.1) is 19.1 Å². The summed E-state index contributed by atoms with van der Waals surface area (Å²) in [7, 11) is 0. The van der Waals surface area contributed by atoms with E-state index < -0.39 is 66.9 Å². The average molecular weight is 515 g/mol. The third-order valence-electron chi connectivity index (χ3n) is 5.36. The number of nitrogens with two attached hydrogens (primary N) is 1. The van der Waals surface area contributed by atoms with E-state index in [1.54, 1.807) is 54.6 Å². The SMILES string of the molecule is NC(Cc1ccccc1)C(=O)NC(Cc1ccccc1)C(=O)NC(CC(=O)O)C(=O)NC(CO)C(=O)O. The van der Waals surface area contributed by atoms with Gasteiger partial charge in [-0.25, -0.2) is 4.79 Å². The molecule has 12 heteroatoms. The number of aliphatic hydroxyl groups is 1. The normalized spacial score (nSPS) is 13.9. The Morgan fingerprint density at radius 3 is 1.62 bits per heavy atom. The molecule has 0 bridgehead atoms. The Hall–Kier alpha value is -4.29. The Labute approximate surface area is 212 Å². The molecular weight excluding hydrogens is 484 g/mol. The molecule has 4 atom stereocenters. The maximum absolute atomic E-state index is 13.1. The minimum Gasteiger partial charge on any atom is -0.481 e. The number of hydrogen-bond donors (Lipinski definition) is 7. The number of rotatable bonds is 14. The summed E-state index contributed by atoms with van der Waals surface area (Å²) in [6, 6.07) is 12.1. The Bertz CT molecular complexity index is 1080. The minimum absolute atomic E-state index is 0.00622. The number of nitrogens with one attached hydrogen (secondary N) is 3. The van der Waals surface area contributed by atoms with Gasteiger partial charge < -0.3 is 37.0 Å². The molecule has 8 N–H and O–H groups in total. The number of carbonyl (C=O) groups is 5. The van der Waals surface area contributed by atoms with Crippen molar-refractivity contribution in [2.24, 2.45) is 5.73 Å². The van der Waals surface area contributed by atoms with Crippen LogP contribution in [0.4, 0.5) is 0 Å². The summed E-state index contributed by atoms with van der Waals surface area (Å²) in [5.74, 6) is -5.61.